The van der Waals surface area contributed by atoms with Crippen LogP contribution in [-0.2, 0) is 14.7 Å². The van der Waals surface area contributed by atoms with Crippen molar-refractivity contribution in [1.29, 1.82) is 0 Å². The highest BCUT2D eigenvalue weighted by Gasteiger charge is 2.51. The van der Waals surface area contributed by atoms with Crippen LogP contribution in [0, 0.1) is 0 Å². The van der Waals surface area contributed by atoms with E-state index in [1.54, 1.807) is 0 Å². The van der Waals surface area contributed by atoms with Gasteiger partial charge < -0.3 is 18.6 Å². The molecule has 0 radical (unpaired) electrons. The van der Waals surface area contributed by atoms with Crippen molar-refractivity contribution < 1.29 is 13.7 Å². The standard InChI is InChI=1S/C33H32BNO3/c1-31(2)23-12-7-9-14-25(23)35(26-15-10-8-13-24(26)31)27-16-11-17-28-30(27)22-19-18-21(20-29(22)36-28)34-37-32(3,4)33(5,6)38-34/h7-20H,1-6H3. The van der Waals surface area contributed by atoms with Gasteiger partial charge in [0.05, 0.1) is 33.7 Å². The van der Waals surface area contributed by atoms with Gasteiger partial charge in [0.2, 0.25) is 0 Å². The van der Waals surface area contributed by atoms with Gasteiger partial charge in [0, 0.05) is 10.8 Å². The van der Waals surface area contributed by atoms with Crippen molar-refractivity contribution in [3.63, 3.8) is 0 Å². The average molecular weight is 501 g/mol. The summed E-state index contributed by atoms with van der Waals surface area (Å²) in [5.74, 6) is 0. The van der Waals surface area contributed by atoms with E-state index in [1.807, 2.05) is 0 Å². The number of rotatable bonds is 2. The van der Waals surface area contributed by atoms with E-state index < -0.39 is 18.3 Å². The van der Waals surface area contributed by atoms with Crippen molar-refractivity contribution in [2.24, 2.45) is 0 Å². The first-order valence-corrected chi connectivity index (χ1v) is 13.4. The van der Waals surface area contributed by atoms with Gasteiger partial charge in [-0.15, -0.1) is 0 Å². The second-order valence-electron chi connectivity index (χ2n) is 12.1. The molecule has 4 nitrogen and oxygen atoms in total. The van der Waals surface area contributed by atoms with E-state index in [9.17, 15) is 0 Å². The number of furan rings is 1. The number of hydrogen-bond donors (Lipinski definition) is 0. The normalized spacial score (nSPS) is 19.1. The lowest BCUT2D eigenvalue weighted by Gasteiger charge is -2.42. The van der Waals surface area contributed by atoms with Crippen LogP contribution >= 0.6 is 0 Å². The molecule has 1 aromatic heterocycles. The summed E-state index contributed by atoms with van der Waals surface area (Å²) in [5.41, 5.74) is 7.91. The smallest absolute Gasteiger partial charge is 0.456 e. The SMILES string of the molecule is CC1(C)c2ccccc2N(c2cccc3oc4cc(B5OC(C)(C)C(C)(C)O5)ccc4c23)c2ccccc21. The molecule has 0 saturated carbocycles. The molecular formula is C33H32BNO3. The predicted molar refractivity (Wildman–Crippen MR) is 156 cm³/mol. The fourth-order valence-corrected chi connectivity index (χ4v) is 6.06. The zero-order chi connectivity index (χ0) is 26.4. The fourth-order valence-electron chi connectivity index (χ4n) is 6.06. The molecule has 0 unspecified atom stereocenters. The van der Waals surface area contributed by atoms with Gasteiger partial charge in [0.1, 0.15) is 11.2 Å². The first kappa shape index (κ1) is 23.6. The summed E-state index contributed by atoms with van der Waals surface area (Å²) >= 11 is 0. The molecule has 0 spiro atoms. The van der Waals surface area contributed by atoms with Gasteiger partial charge in [0.15, 0.2) is 0 Å². The minimum absolute atomic E-state index is 0.103. The summed E-state index contributed by atoms with van der Waals surface area (Å²) in [6.45, 7) is 12.9. The molecule has 0 atom stereocenters. The number of benzene rings is 4. The largest absolute Gasteiger partial charge is 0.494 e. The van der Waals surface area contributed by atoms with E-state index in [-0.39, 0.29) is 5.41 Å². The van der Waals surface area contributed by atoms with Crippen LogP contribution in [0.5, 0.6) is 0 Å². The lowest BCUT2D eigenvalue weighted by molar-refractivity contribution is 0.00578. The summed E-state index contributed by atoms with van der Waals surface area (Å²) in [7, 11) is -0.430. The first-order valence-electron chi connectivity index (χ1n) is 13.4. The zero-order valence-corrected chi connectivity index (χ0v) is 22.8. The van der Waals surface area contributed by atoms with Crippen LogP contribution < -0.4 is 10.4 Å². The molecule has 0 amide bonds. The van der Waals surface area contributed by atoms with Crippen LogP contribution in [0.2, 0.25) is 0 Å². The molecule has 5 aromatic rings. The van der Waals surface area contributed by atoms with E-state index in [0.717, 1.165) is 33.1 Å². The van der Waals surface area contributed by atoms with E-state index in [2.05, 4.69) is 131 Å². The van der Waals surface area contributed by atoms with E-state index in [0.29, 0.717) is 0 Å². The molecule has 2 aliphatic heterocycles. The lowest BCUT2D eigenvalue weighted by Crippen LogP contribution is -2.41. The summed E-state index contributed by atoms with van der Waals surface area (Å²) in [6, 6.07) is 30.2. The maximum absolute atomic E-state index is 6.47. The molecule has 1 saturated heterocycles. The highest BCUT2D eigenvalue weighted by atomic mass is 16.7. The van der Waals surface area contributed by atoms with Crippen LogP contribution in [0.1, 0.15) is 52.7 Å². The highest BCUT2D eigenvalue weighted by Crippen LogP contribution is 2.53. The number of fused-ring (bicyclic) bond motifs is 5. The third kappa shape index (κ3) is 3.18. The van der Waals surface area contributed by atoms with Crippen molar-refractivity contribution >= 4 is 51.6 Å². The van der Waals surface area contributed by atoms with Crippen molar-refractivity contribution in [3.05, 3.63) is 96.1 Å². The van der Waals surface area contributed by atoms with E-state index in [4.69, 9.17) is 13.7 Å². The third-order valence-electron chi connectivity index (χ3n) is 8.90. The molecule has 7 rings (SSSR count). The minimum atomic E-state index is -0.430. The second-order valence-corrected chi connectivity index (χ2v) is 12.1. The molecule has 1 fully saturated rings. The Hall–Kier alpha value is -3.54. The first-order chi connectivity index (χ1) is 18.1. The molecule has 5 heteroatoms. The van der Waals surface area contributed by atoms with Crippen molar-refractivity contribution in [2.75, 3.05) is 4.90 Å². The third-order valence-corrected chi connectivity index (χ3v) is 8.90. The molecule has 0 bridgehead atoms. The van der Waals surface area contributed by atoms with Gasteiger partial charge in [-0.25, -0.2) is 0 Å². The topological polar surface area (TPSA) is 34.8 Å². The quantitative estimate of drug-likeness (QED) is 0.230. The maximum Gasteiger partial charge on any atom is 0.494 e. The fraction of sp³-hybridized carbons (Fsp3) is 0.273. The van der Waals surface area contributed by atoms with Crippen LogP contribution in [0.3, 0.4) is 0 Å². The van der Waals surface area contributed by atoms with Gasteiger partial charge in [0.25, 0.3) is 0 Å². The Morgan fingerprint density at radius 3 is 1.82 bits per heavy atom. The van der Waals surface area contributed by atoms with Crippen LogP contribution in [0.25, 0.3) is 21.9 Å². The van der Waals surface area contributed by atoms with Gasteiger partial charge in [-0.2, -0.15) is 0 Å². The Kier molecular flexibility index (Phi) is 4.81. The summed E-state index contributed by atoms with van der Waals surface area (Å²) in [6.07, 6.45) is 0. The minimum Gasteiger partial charge on any atom is -0.456 e. The highest BCUT2D eigenvalue weighted by molar-refractivity contribution is 6.62. The molecule has 0 N–H and O–H groups in total. The van der Waals surface area contributed by atoms with Gasteiger partial charge in [-0.05, 0) is 74.6 Å². The summed E-state index contributed by atoms with van der Waals surface area (Å²) in [4.78, 5) is 2.40. The van der Waals surface area contributed by atoms with Crippen LogP contribution in [-0.4, -0.2) is 18.3 Å². The molecule has 4 aromatic carbocycles. The summed E-state index contributed by atoms with van der Waals surface area (Å²) < 4.78 is 19.1. The number of anilines is 3. The number of nitrogens with zero attached hydrogens (tertiary/aromatic N) is 1. The predicted octanol–water partition coefficient (Wildman–Crippen LogP) is 7.99. The van der Waals surface area contributed by atoms with Crippen molar-refractivity contribution in [1.82, 2.24) is 0 Å². The Morgan fingerprint density at radius 1 is 0.605 bits per heavy atom. The van der Waals surface area contributed by atoms with Gasteiger partial charge in [-0.1, -0.05) is 68.4 Å². The monoisotopic (exact) mass is 501 g/mol. The molecule has 190 valence electrons. The second kappa shape index (κ2) is 7.75. The summed E-state index contributed by atoms with van der Waals surface area (Å²) in [5, 5.41) is 2.18. The van der Waals surface area contributed by atoms with Crippen LogP contribution in [0.4, 0.5) is 17.1 Å². The Morgan fingerprint density at radius 2 is 1.18 bits per heavy atom. The molecule has 2 aliphatic rings. The number of hydrogen-bond acceptors (Lipinski definition) is 4. The molecule has 0 aliphatic carbocycles. The average Bonchev–Trinajstić information content (AvgIpc) is 3.37. The van der Waals surface area contributed by atoms with E-state index in [1.165, 1.54) is 22.5 Å². The van der Waals surface area contributed by atoms with Gasteiger partial charge in [-0.3, -0.25) is 0 Å². The van der Waals surface area contributed by atoms with Gasteiger partial charge >= 0.3 is 7.12 Å². The Bertz CT molecular complexity index is 1670. The van der Waals surface area contributed by atoms with Crippen LogP contribution in [0.15, 0.2) is 89.3 Å². The molecular weight excluding hydrogens is 469 g/mol. The zero-order valence-electron chi connectivity index (χ0n) is 22.8. The Balaban J connectivity index is 1.42. The maximum atomic E-state index is 6.47. The molecule has 3 heterocycles. The number of para-hydroxylation sites is 2. The molecule has 38 heavy (non-hydrogen) atoms. The lowest BCUT2D eigenvalue weighted by atomic mass is 9.73. The van der Waals surface area contributed by atoms with Crippen molar-refractivity contribution in [3.8, 4) is 0 Å². The Labute approximate surface area is 224 Å². The van der Waals surface area contributed by atoms with E-state index >= 15 is 0 Å². The van der Waals surface area contributed by atoms with Crippen molar-refractivity contribution in [2.45, 2.75) is 58.2 Å².